The van der Waals surface area contributed by atoms with Crippen molar-refractivity contribution >= 4 is 46.0 Å². The van der Waals surface area contributed by atoms with Crippen molar-refractivity contribution < 1.29 is 14.3 Å². The molecule has 6 nitrogen and oxygen atoms in total. The summed E-state index contributed by atoms with van der Waals surface area (Å²) in [7, 11) is 0. The van der Waals surface area contributed by atoms with Gasteiger partial charge in [-0.2, -0.15) is 0 Å². The second-order valence-electron chi connectivity index (χ2n) is 5.76. The molecule has 2 aromatic heterocycles. The molecule has 1 amide bonds. The number of aromatic nitrogens is 2. The van der Waals surface area contributed by atoms with Crippen LogP contribution in [0.25, 0.3) is 0 Å². The SMILES string of the molecule is Cc1nnc(SCC(=O)N(Cc2cccs2)c2ccc3c(c2)OCCO3)s1. The Bertz CT molecular complexity index is 927. The van der Waals surface area contributed by atoms with E-state index in [1.807, 2.05) is 42.6 Å². The number of ether oxygens (including phenoxy) is 2. The molecule has 1 aliphatic heterocycles. The van der Waals surface area contributed by atoms with Crippen LogP contribution in [0.5, 0.6) is 11.5 Å². The Labute approximate surface area is 169 Å². The summed E-state index contributed by atoms with van der Waals surface area (Å²) in [6, 6.07) is 9.66. The van der Waals surface area contributed by atoms with Crippen LogP contribution in [-0.4, -0.2) is 35.1 Å². The standard InChI is InChI=1S/C18H17N3O3S3/c1-12-19-20-18(27-12)26-11-17(22)21(10-14-3-2-8-25-14)13-4-5-15-16(9-13)24-7-6-23-15/h2-5,8-9H,6-7,10-11H2,1H3. The van der Waals surface area contributed by atoms with Crippen molar-refractivity contribution in [1.29, 1.82) is 0 Å². The maximum absolute atomic E-state index is 13.0. The average Bonchev–Trinajstić information content (AvgIpc) is 3.35. The van der Waals surface area contributed by atoms with Gasteiger partial charge < -0.3 is 14.4 Å². The molecule has 0 spiro atoms. The predicted molar refractivity (Wildman–Crippen MR) is 108 cm³/mol. The van der Waals surface area contributed by atoms with Crippen molar-refractivity contribution in [2.75, 3.05) is 23.9 Å². The maximum Gasteiger partial charge on any atom is 0.237 e. The molecular weight excluding hydrogens is 402 g/mol. The monoisotopic (exact) mass is 419 g/mol. The van der Waals surface area contributed by atoms with Gasteiger partial charge in [-0.05, 0) is 30.5 Å². The van der Waals surface area contributed by atoms with Crippen LogP contribution in [0, 0.1) is 6.92 Å². The number of thioether (sulfide) groups is 1. The fourth-order valence-corrected chi connectivity index (χ4v) is 5.00. The number of amides is 1. The van der Waals surface area contributed by atoms with E-state index in [-0.39, 0.29) is 5.91 Å². The van der Waals surface area contributed by atoms with E-state index in [2.05, 4.69) is 10.2 Å². The van der Waals surface area contributed by atoms with Crippen molar-refractivity contribution in [2.24, 2.45) is 0 Å². The van der Waals surface area contributed by atoms with E-state index >= 15 is 0 Å². The second-order valence-corrected chi connectivity index (χ2v) is 9.20. The summed E-state index contributed by atoms with van der Waals surface area (Å²) in [6.07, 6.45) is 0. The molecule has 0 N–H and O–H groups in total. The van der Waals surface area contributed by atoms with Crippen molar-refractivity contribution in [1.82, 2.24) is 10.2 Å². The van der Waals surface area contributed by atoms with Gasteiger partial charge in [0.05, 0.1) is 12.3 Å². The number of benzene rings is 1. The summed E-state index contributed by atoms with van der Waals surface area (Å²) in [5.41, 5.74) is 0.798. The van der Waals surface area contributed by atoms with Gasteiger partial charge in [-0.1, -0.05) is 29.2 Å². The van der Waals surface area contributed by atoms with E-state index in [4.69, 9.17) is 9.47 Å². The molecule has 3 aromatic rings. The molecule has 0 unspecified atom stereocenters. The number of aryl methyl sites for hydroxylation is 1. The first kappa shape index (κ1) is 18.3. The number of rotatable bonds is 6. The van der Waals surface area contributed by atoms with Gasteiger partial charge in [0, 0.05) is 16.6 Å². The highest BCUT2D eigenvalue weighted by Gasteiger charge is 2.21. The number of hydrogen-bond donors (Lipinski definition) is 0. The molecule has 0 fully saturated rings. The molecule has 140 valence electrons. The van der Waals surface area contributed by atoms with Crippen LogP contribution in [0.3, 0.4) is 0 Å². The third-order valence-electron chi connectivity index (χ3n) is 3.86. The van der Waals surface area contributed by atoms with Gasteiger partial charge in [0.1, 0.15) is 18.2 Å². The molecule has 27 heavy (non-hydrogen) atoms. The minimum atomic E-state index is 0.0120. The molecule has 4 rings (SSSR count). The molecule has 0 saturated heterocycles. The average molecular weight is 420 g/mol. The fraction of sp³-hybridized carbons (Fsp3) is 0.278. The lowest BCUT2D eigenvalue weighted by atomic mass is 10.2. The zero-order chi connectivity index (χ0) is 18.6. The van der Waals surface area contributed by atoms with Crippen LogP contribution in [0.4, 0.5) is 5.69 Å². The minimum Gasteiger partial charge on any atom is -0.486 e. The maximum atomic E-state index is 13.0. The van der Waals surface area contributed by atoms with Gasteiger partial charge in [-0.3, -0.25) is 4.79 Å². The Kier molecular flexibility index (Phi) is 5.61. The topological polar surface area (TPSA) is 64.6 Å². The Balaban J connectivity index is 1.55. The Morgan fingerprint density at radius 2 is 2.07 bits per heavy atom. The van der Waals surface area contributed by atoms with Crippen LogP contribution in [0.15, 0.2) is 40.1 Å². The normalized spacial score (nSPS) is 12.8. The van der Waals surface area contributed by atoms with Crippen molar-refractivity contribution in [3.05, 3.63) is 45.6 Å². The Morgan fingerprint density at radius 3 is 2.81 bits per heavy atom. The number of fused-ring (bicyclic) bond motifs is 1. The molecule has 1 aromatic carbocycles. The molecule has 0 radical (unpaired) electrons. The molecule has 3 heterocycles. The largest absolute Gasteiger partial charge is 0.486 e. The van der Waals surface area contributed by atoms with Gasteiger partial charge >= 0.3 is 0 Å². The Hall–Kier alpha value is -2.10. The number of anilines is 1. The lowest BCUT2D eigenvalue weighted by molar-refractivity contribution is -0.116. The highest BCUT2D eigenvalue weighted by molar-refractivity contribution is 8.01. The van der Waals surface area contributed by atoms with Crippen LogP contribution >= 0.6 is 34.4 Å². The number of hydrogen-bond acceptors (Lipinski definition) is 8. The summed E-state index contributed by atoms with van der Waals surface area (Å²) in [5, 5.41) is 11.0. The third kappa shape index (κ3) is 4.42. The van der Waals surface area contributed by atoms with Crippen LogP contribution in [0.2, 0.25) is 0 Å². The van der Waals surface area contributed by atoms with E-state index in [1.54, 1.807) is 16.2 Å². The van der Waals surface area contributed by atoms with Crippen molar-refractivity contribution in [3.8, 4) is 11.5 Å². The smallest absolute Gasteiger partial charge is 0.237 e. The lowest BCUT2D eigenvalue weighted by Gasteiger charge is -2.25. The molecule has 0 saturated carbocycles. The summed E-state index contributed by atoms with van der Waals surface area (Å²) in [4.78, 5) is 15.9. The molecule has 0 bridgehead atoms. The van der Waals surface area contributed by atoms with E-state index in [1.165, 1.54) is 23.1 Å². The molecule has 1 aliphatic rings. The van der Waals surface area contributed by atoms with Crippen LogP contribution in [0.1, 0.15) is 9.88 Å². The highest BCUT2D eigenvalue weighted by atomic mass is 32.2. The van der Waals surface area contributed by atoms with E-state index in [0.29, 0.717) is 37.0 Å². The number of carbonyl (C=O) groups is 1. The second kappa shape index (κ2) is 8.28. The van der Waals surface area contributed by atoms with Crippen molar-refractivity contribution in [3.63, 3.8) is 0 Å². The molecule has 0 aliphatic carbocycles. The Morgan fingerprint density at radius 1 is 1.22 bits per heavy atom. The highest BCUT2D eigenvalue weighted by Crippen LogP contribution is 2.35. The minimum absolute atomic E-state index is 0.0120. The van der Waals surface area contributed by atoms with E-state index in [0.717, 1.165) is 19.9 Å². The predicted octanol–water partition coefficient (Wildman–Crippen LogP) is 4.00. The zero-order valence-corrected chi connectivity index (χ0v) is 17.0. The molecule has 0 atom stereocenters. The lowest BCUT2D eigenvalue weighted by Crippen LogP contribution is -2.31. The van der Waals surface area contributed by atoms with Gasteiger partial charge in [0.25, 0.3) is 0 Å². The third-order valence-corrected chi connectivity index (χ3v) is 6.68. The van der Waals surface area contributed by atoms with Crippen LogP contribution in [-0.2, 0) is 11.3 Å². The summed E-state index contributed by atoms with van der Waals surface area (Å²) >= 11 is 4.54. The molecular formula is C18H17N3O3S3. The first-order valence-corrected chi connectivity index (χ1v) is 11.0. The van der Waals surface area contributed by atoms with E-state index in [9.17, 15) is 4.79 Å². The van der Waals surface area contributed by atoms with Gasteiger partial charge in [0.15, 0.2) is 15.8 Å². The first-order valence-electron chi connectivity index (χ1n) is 8.34. The van der Waals surface area contributed by atoms with Crippen LogP contribution < -0.4 is 14.4 Å². The molecule has 9 heteroatoms. The number of carbonyl (C=O) groups excluding carboxylic acids is 1. The van der Waals surface area contributed by atoms with Gasteiger partial charge in [-0.15, -0.1) is 21.5 Å². The zero-order valence-electron chi connectivity index (χ0n) is 14.6. The first-order chi connectivity index (χ1) is 13.2. The summed E-state index contributed by atoms with van der Waals surface area (Å²) in [5.74, 6) is 1.70. The van der Waals surface area contributed by atoms with Gasteiger partial charge in [0.2, 0.25) is 5.91 Å². The number of nitrogens with zero attached hydrogens (tertiary/aromatic N) is 3. The quantitative estimate of drug-likeness (QED) is 0.563. The summed E-state index contributed by atoms with van der Waals surface area (Å²) < 4.78 is 12.1. The van der Waals surface area contributed by atoms with Crippen molar-refractivity contribution in [2.45, 2.75) is 17.8 Å². The van der Waals surface area contributed by atoms with E-state index < -0.39 is 0 Å². The summed E-state index contributed by atoms with van der Waals surface area (Å²) in [6.45, 7) is 3.48. The van der Waals surface area contributed by atoms with Gasteiger partial charge in [-0.25, -0.2) is 0 Å². The number of thiophene rings is 1. The fourth-order valence-electron chi connectivity index (χ4n) is 2.62.